The van der Waals surface area contributed by atoms with Gasteiger partial charge in [0.1, 0.15) is 36.6 Å². The van der Waals surface area contributed by atoms with Crippen molar-refractivity contribution in [2.24, 2.45) is 17.8 Å². The van der Waals surface area contributed by atoms with Gasteiger partial charge in [0.25, 0.3) is 0 Å². The van der Waals surface area contributed by atoms with Gasteiger partial charge in [0, 0.05) is 77.4 Å². The predicted octanol–water partition coefficient (Wildman–Crippen LogP) is 3.78. The highest BCUT2D eigenvalue weighted by molar-refractivity contribution is 7.89. The van der Waals surface area contributed by atoms with E-state index in [9.17, 15) is 32.9 Å². The maximum atomic E-state index is 14.8. The van der Waals surface area contributed by atoms with Crippen molar-refractivity contribution in [1.29, 1.82) is 0 Å². The lowest BCUT2D eigenvalue weighted by Gasteiger charge is -2.45. The number of carbonyl (C=O) groups excluding carboxylic acids is 1. The van der Waals surface area contributed by atoms with Gasteiger partial charge in [-0.3, -0.25) is 4.79 Å². The number of methoxy groups -OCH3 is 2. The number of cyclic esters (lactones) is 1. The van der Waals surface area contributed by atoms with Crippen molar-refractivity contribution in [3.05, 3.63) is 41.7 Å². The Balaban J connectivity index is 1.29. The van der Waals surface area contributed by atoms with E-state index in [4.69, 9.17) is 28.4 Å². The molecule has 3 fully saturated rings. The number of benzene rings is 1. The van der Waals surface area contributed by atoms with E-state index >= 15 is 0 Å². The number of likely N-dealkylation sites (N-methyl/N-ethyl adjacent to an activating group) is 2. The van der Waals surface area contributed by atoms with E-state index in [-0.39, 0.29) is 42.5 Å². The third-order valence-corrected chi connectivity index (χ3v) is 16.6. The number of aromatic nitrogens is 3. The molecule has 0 radical (unpaired) electrons. The van der Waals surface area contributed by atoms with Crippen LogP contribution < -0.4 is 0 Å². The Morgan fingerprint density at radius 3 is 2.31 bits per heavy atom. The second-order valence-electron chi connectivity index (χ2n) is 20.1. The molecule has 3 aliphatic rings. The summed E-state index contributed by atoms with van der Waals surface area (Å²) in [6.45, 7) is 16.0. The number of ether oxygens (including phenoxy) is 6. The molecule has 0 bridgehead atoms. The SMILES string of the molecule is CC[C@H]1OC(=O)[C@H](C)[C@@H](OC)[C@H](C)[C@@H](O[C@H]2C[C@@H](N(C)CCc3cn([C@H](CF)[C@H](OC)c4ccc(S(=O)(=O)N5CCOCC5)cc4)nn3)C[C@@H](C)O2)[C@](C)(O)C[C@@H](C)CN(C)[C@H](C)[C@@H](O)[C@]1(C)O. The minimum atomic E-state index is -3.70. The summed E-state index contributed by atoms with van der Waals surface area (Å²) >= 11 is 0. The molecule has 388 valence electrons. The van der Waals surface area contributed by atoms with Crippen LogP contribution in [0.1, 0.15) is 104 Å². The number of esters is 1. The largest absolute Gasteiger partial charge is 0.459 e. The average Bonchev–Trinajstić information content (AvgIpc) is 3.78. The molecule has 3 saturated heterocycles. The highest BCUT2D eigenvalue weighted by Crippen LogP contribution is 2.38. The van der Waals surface area contributed by atoms with Crippen molar-refractivity contribution >= 4 is 16.0 Å². The summed E-state index contributed by atoms with van der Waals surface area (Å²) in [5.74, 6) is -2.06. The summed E-state index contributed by atoms with van der Waals surface area (Å²) in [5, 5.41) is 44.2. The Kier molecular flexibility index (Phi) is 19.9. The van der Waals surface area contributed by atoms with E-state index in [0.29, 0.717) is 63.2 Å². The molecular weight excluding hydrogens is 904 g/mol. The molecule has 5 rings (SSSR count). The van der Waals surface area contributed by atoms with Gasteiger partial charge in [-0.1, -0.05) is 38.1 Å². The number of sulfonamides is 1. The molecule has 0 aliphatic carbocycles. The van der Waals surface area contributed by atoms with Crippen LogP contribution in [0.3, 0.4) is 0 Å². The van der Waals surface area contributed by atoms with Crippen LogP contribution in [-0.4, -0.2) is 193 Å². The first kappa shape index (κ1) is 56.2. The zero-order chi connectivity index (χ0) is 50.3. The molecule has 1 aromatic carbocycles. The molecular formula is C48H81FN6O12S. The predicted molar refractivity (Wildman–Crippen MR) is 252 cm³/mol. The molecule has 0 spiro atoms. The molecule has 2 aromatic rings. The molecule has 1 aromatic heterocycles. The third-order valence-electron chi connectivity index (χ3n) is 14.7. The van der Waals surface area contributed by atoms with Crippen molar-refractivity contribution in [1.82, 2.24) is 29.1 Å². The Hall–Kier alpha value is -2.73. The second-order valence-corrected chi connectivity index (χ2v) is 22.1. The van der Waals surface area contributed by atoms with E-state index in [2.05, 4.69) is 15.2 Å². The van der Waals surface area contributed by atoms with Crippen LogP contribution in [0.4, 0.5) is 4.39 Å². The zero-order valence-electron chi connectivity index (χ0n) is 42.4. The minimum Gasteiger partial charge on any atom is -0.459 e. The van der Waals surface area contributed by atoms with Crippen LogP contribution in [0.5, 0.6) is 0 Å². The molecule has 3 aliphatic heterocycles. The molecule has 15 atom stereocenters. The molecule has 20 heteroatoms. The van der Waals surface area contributed by atoms with E-state index in [1.807, 2.05) is 46.7 Å². The smallest absolute Gasteiger partial charge is 0.311 e. The number of carbonyl (C=O) groups is 1. The summed E-state index contributed by atoms with van der Waals surface area (Å²) in [6, 6.07) is 4.96. The maximum Gasteiger partial charge on any atom is 0.311 e. The fraction of sp³-hybridized carbons (Fsp3) is 0.812. The van der Waals surface area contributed by atoms with Gasteiger partial charge in [-0.25, -0.2) is 17.5 Å². The van der Waals surface area contributed by atoms with Crippen LogP contribution in [0.25, 0.3) is 0 Å². The summed E-state index contributed by atoms with van der Waals surface area (Å²) in [5.41, 5.74) is -1.92. The van der Waals surface area contributed by atoms with E-state index < -0.39 is 94.6 Å². The first-order chi connectivity index (χ1) is 32.0. The van der Waals surface area contributed by atoms with Gasteiger partial charge >= 0.3 is 5.97 Å². The lowest BCUT2D eigenvalue weighted by atomic mass is 9.78. The lowest BCUT2D eigenvalue weighted by Crippen LogP contribution is -2.59. The van der Waals surface area contributed by atoms with Gasteiger partial charge in [-0.05, 0) is 91.6 Å². The molecule has 3 N–H and O–H groups in total. The fourth-order valence-corrected chi connectivity index (χ4v) is 12.1. The Morgan fingerprint density at radius 1 is 1.04 bits per heavy atom. The summed E-state index contributed by atoms with van der Waals surface area (Å²) in [6.07, 6.45) is -1.54. The van der Waals surface area contributed by atoms with E-state index in [1.54, 1.807) is 39.1 Å². The molecule has 4 heterocycles. The standard InChI is InChI=1S/C48H81FN6O12S/c1-13-40-48(8,59)44(56)34(6)53(10)28-30(2)26-47(7,58)45(32(4)42(62-11)33(5)46(57)66-40)67-41-25-37(24-31(3)65-41)52(9)19-18-36-29-55(51-50-36)39(27-49)43(63-12)35-14-16-38(17-15-35)68(60,61)54-20-22-64-23-21-54/h14-17,29-34,37,39-45,56,58-59H,13,18-28H2,1-12H3/t30-,31-,32+,33-,34-,37+,39-,40-,41+,42+,43-,44-,45-,47-,48-/m1/s1. The van der Waals surface area contributed by atoms with Crippen LogP contribution in [0, 0.1) is 17.8 Å². The fourth-order valence-electron chi connectivity index (χ4n) is 10.7. The molecule has 0 saturated carbocycles. The highest BCUT2D eigenvalue weighted by Gasteiger charge is 2.49. The number of hydrogen-bond donors (Lipinski definition) is 3. The number of nitrogens with zero attached hydrogens (tertiary/aromatic N) is 6. The quantitative estimate of drug-likeness (QED) is 0.217. The van der Waals surface area contributed by atoms with Crippen molar-refractivity contribution in [3.63, 3.8) is 0 Å². The van der Waals surface area contributed by atoms with Crippen LogP contribution in [-0.2, 0) is 49.7 Å². The van der Waals surface area contributed by atoms with Crippen molar-refractivity contribution in [2.45, 2.75) is 165 Å². The number of hydrogen-bond acceptors (Lipinski definition) is 16. The van der Waals surface area contributed by atoms with Crippen LogP contribution in [0.2, 0.25) is 0 Å². The van der Waals surface area contributed by atoms with Crippen molar-refractivity contribution in [3.8, 4) is 0 Å². The maximum absolute atomic E-state index is 14.8. The molecule has 0 amide bonds. The van der Waals surface area contributed by atoms with Crippen molar-refractivity contribution < 1.29 is 61.3 Å². The van der Waals surface area contributed by atoms with Crippen molar-refractivity contribution in [2.75, 3.05) is 74.4 Å². The number of aliphatic hydroxyl groups excluding tert-OH is 1. The topological polar surface area (TPSA) is 208 Å². The highest BCUT2D eigenvalue weighted by atomic mass is 32.2. The van der Waals surface area contributed by atoms with Gasteiger partial charge in [-0.15, -0.1) is 5.10 Å². The van der Waals surface area contributed by atoms with E-state index in [1.165, 1.54) is 42.3 Å². The van der Waals surface area contributed by atoms with Gasteiger partial charge in [0.15, 0.2) is 6.29 Å². The minimum absolute atomic E-state index is 0.0131. The number of alkyl halides is 1. The lowest BCUT2D eigenvalue weighted by molar-refractivity contribution is -0.268. The van der Waals surface area contributed by atoms with Gasteiger partial charge in [-0.2, -0.15) is 4.31 Å². The Morgan fingerprint density at radius 2 is 1.71 bits per heavy atom. The van der Waals surface area contributed by atoms with Gasteiger partial charge < -0.3 is 53.5 Å². The third kappa shape index (κ3) is 13.2. The van der Waals surface area contributed by atoms with Crippen LogP contribution >= 0.6 is 0 Å². The summed E-state index contributed by atoms with van der Waals surface area (Å²) < 4.78 is 80.5. The number of halogens is 1. The van der Waals surface area contributed by atoms with Gasteiger partial charge in [0.05, 0.1) is 53.6 Å². The number of morpholine rings is 1. The van der Waals surface area contributed by atoms with Gasteiger partial charge in [0.2, 0.25) is 10.0 Å². The monoisotopic (exact) mass is 985 g/mol. The first-order valence-electron chi connectivity index (χ1n) is 24.2. The molecule has 18 nitrogen and oxygen atoms in total. The molecule has 0 unspecified atom stereocenters. The van der Waals surface area contributed by atoms with Crippen LogP contribution in [0.15, 0.2) is 35.4 Å². The average molecular weight is 985 g/mol. The normalized spacial score (nSPS) is 35.6. The Bertz CT molecular complexity index is 1990. The number of aliphatic hydroxyl groups is 3. The zero-order valence-corrected chi connectivity index (χ0v) is 43.2. The molecule has 68 heavy (non-hydrogen) atoms. The summed E-state index contributed by atoms with van der Waals surface area (Å²) in [7, 11) is 3.17. The van der Waals surface area contributed by atoms with E-state index in [0.717, 1.165) is 0 Å². The Labute approximate surface area is 403 Å². The second kappa shape index (κ2) is 24.1. The first-order valence-corrected chi connectivity index (χ1v) is 25.7. The summed E-state index contributed by atoms with van der Waals surface area (Å²) in [4.78, 5) is 18.2. The number of rotatable bonds is 15.